The molecule has 0 radical (unpaired) electrons. The minimum Gasteiger partial charge on any atom is -0.478 e. The number of nitrogens with zero attached hydrogens (tertiary/aromatic N) is 2. The standard InChI is InChI=1S/C27H25F2N3O2/c1-17-30-24-14-22(13-23(26(33)34)25(24)31-17)21-9-7-20(8-10-21)19-5-3-18(4-6-19)15-32-12-2-11-27(28,29)16-32/h3-10,13-14H,2,11-12,15-16H2,1H3,(H,30,31)(H,33,34). The molecule has 174 valence electrons. The number of likely N-dealkylation sites (tertiary alicyclic amines) is 1. The van der Waals surface area contributed by atoms with Crippen molar-refractivity contribution in [3.63, 3.8) is 0 Å². The van der Waals surface area contributed by atoms with Crippen LogP contribution in [-0.2, 0) is 6.54 Å². The number of fused-ring (bicyclic) bond motifs is 1. The number of carbonyl (C=O) groups is 1. The fourth-order valence-electron chi connectivity index (χ4n) is 4.67. The Balaban J connectivity index is 1.35. The second-order valence-corrected chi connectivity index (χ2v) is 8.99. The quantitative estimate of drug-likeness (QED) is 0.375. The summed E-state index contributed by atoms with van der Waals surface area (Å²) < 4.78 is 27.3. The smallest absolute Gasteiger partial charge is 0.337 e. The molecule has 34 heavy (non-hydrogen) atoms. The van der Waals surface area contributed by atoms with Crippen LogP contribution in [0.2, 0.25) is 0 Å². The highest BCUT2D eigenvalue weighted by atomic mass is 19.3. The summed E-state index contributed by atoms with van der Waals surface area (Å²) in [5, 5.41) is 9.61. The van der Waals surface area contributed by atoms with Crippen molar-refractivity contribution < 1.29 is 18.7 Å². The van der Waals surface area contributed by atoms with E-state index in [0.29, 0.717) is 36.4 Å². The van der Waals surface area contributed by atoms with Gasteiger partial charge < -0.3 is 10.1 Å². The van der Waals surface area contributed by atoms with E-state index in [-0.39, 0.29) is 18.5 Å². The van der Waals surface area contributed by atoms with Crippen molar-refractivity contribution in [2.75, 3.05) is 13.1 Å². The highest BCUT2D eigenvalue weighted by molar-refractivity contribution is 6.03. The van der Waals surface area contributed by atoms with Gasteiger partial charge in [0.1, 0.15) is 11.3 Å². The van der Waals surface area contributed by atoms with E-state index in [0.717, 1.165) is 27.8 Å². The topological polar surface area (TPSA) is 69.2 Å². The zero-order valence-electron chi connectivity index (χ0n) is 18.8. The Morgan fingerprint density at radius 1 is 1.03 bits per heavy atom. The largest absolute Gasteiger partial charge is 0.478 e. The van der Waals surface area contributed by atoms with E-state index in [4.69, 9.17) is 0 Å². The number of carboxylic acid groups (broad SMARTS) is 1. The van der Waals surface area contributed by atoms with Gasteiger partial charge in [-0.1, -0.05) is 48.5 Å². The molecular weight excluding hydrogens is 436 g/mol. The molecule has 4 aromatic rings. The molecule has 3 aromatic carbocycles. The van der Waals surface area contributed by atoms with Gasteiger partial charge in [0.2, 0.25) is 0 Å². The minimum absolute atomic E-state index is 0.0224. The monoisotopic (exact) mass is 461 g/mol. The summed E-state index contributed by atoms with van der Waals surface area (Å²) in [6.07, 6.45) is 0.504. The Labute approximate surface area is 196 Å². The first kappa shape index (κ1) is 22.2. The number of carboxylic acids is 1. The molecule has 5 nitrogen and oxygen atoms in total. The van der Waals surface area contributed by atoms with Crippen molar-refractivity contribution in [3.05, 3.63) is 77.6 Å². The summed E-state index contributed by atoms with van der Waals surface area (Å²) in [5.41, 5.74) is 6.10. The van der Waals surface area contributed by atoms with Crippen molar-refractivity contribution in [3.8, 4) is 22.3 Å². The predicted molar refractivity (Wildman–Crippen MR) is 128 cm³/mol. The zero-order chi connectivity index (χ0) is 23.9. The van der Waals surface area contributed by atoms with Crippen molar-refractivity contribution in [2.24, 2.45) is 0 Å². The van der Waals surface area contributed by atoms with Crippen LogP contribution in [0.5, 0.6) is 0 Å². The van der Waals surface area contributed by atoms with Crippen LogP contribution in [0.15, 0.2) is 60.7 Å². The highest BCUT2D eigenvalue weighted by Gasteiger charge is 2.34. The SMILES string of the molecule is Cc1nc2c(C(=O)O)cc(-c3ccc(-c4ccc(CN5CCCC(F)(F)C5)cc4)cc3)cc2[nH]1. The molecule has 0 unspecified atom stereocenters. The lowest BCUT2D eigenvalue weighted by molar-refractivity contribution is -0.0661. The number of aryl methyl sites for hydroxylation is 1. The molecule has 5 rings (SSSR count). The van der Waals surface area contributed by atoms with Crippen LogP contribution >= 0.6 is 0 Å². The number of aromatic amines is 1. The van der Waals surface area contributed by atoms with Gasteiger partial charge in [-0.15, -0.1) is 0 Å². The highest BCUT2D eigenvalue weighted by Crippen LogP contribution is 2.30. The number of halogens is 2. The van der Waals surface area contributed by atoms with Crippen LogP contribution in [0.25, 0.3) is 33.3 Å². The van der Waals surface area contributed by atoms with Gasteiger partial charge in [-0.25, -0.2) is 18.6 Å². The molecule has 1 aliphatic rings. The van der Waals surface area contributed by atoms with Gasteiger partial charge in [-0.3, -0.25) is 4.90 Å². The summed E-state index contributed by atoms with van der Waals surface area (Å²) in [6, 6.07) is 19.5. The third-order valence-corrected chi connectivity index (χ3v) is 6.32. The molecule has 0 spiro atoms. The summed E-state index contributed by atoms with van der Waals surface area (Å²) in [5.74, 6) is -2.93. The Bertz CT molecular complexity index is 1350. The maximum atomic E-state index is 13.7. The Morgan fingerprint density at radius 2 is 1.65 bits per heavy atom. The second kappa shape index (κ2) is 8.65. The molecule has 1 saturated heterocycles. The average Bonchev–Trinajstić information content (AvgIpc) is 3.18. The number of H-pyrrole nitrogens is 1. The van der Waals surface area contributed by atoms with E-state index in [1.54, 1.807) is 13.0 Å². The van der Waals surface area contributed by atoms with Gasteiger partial charge in [-0.2, -0.15) is 0 Å². The second-order valence-electron chi connectivity index (χ2n) is 8.99. The number of aromatic carboxylic acids is 1. The Kier molecular flexibility index (Phi) is 5.65. The van der Waals surface area contributed by atoms with Gasteiger partial charge in [0.05, 0.1) is 17.6 Å². The third-order valence-electron chi connectivity index (χ3n) is 6.32. The molecule has 7 heteroatoms. The van der Waals surface area contributed by atoms with Crippen LogP contribution < -0.4 is 0 Å². The van der Waals surface area contributed by atoms with Gasteiger partial charge >= 0.3 is 5.97 Å². The lowest BCUT2D eigenvalue weighted by atomic mass is 9.98. The van der Waals surface area contributed by atoms with Crippen LogP contribution in [0.1, 0.15) is 34.6 Å². The first-order chi connectivity index (χ1) is 16.3. The number of rotatable bonds is 5. The minimum atomic E-state index is -2.59. The molecule has 0 aliphatic carbocycles. The molecule has 0 bridgehead atoms. The number of piperidine rings is 1. The van der Waals surface area contributed by atoms with E-state index in [1.807, 2.05) is 59.5 Å². The summed E-state index contributed by atoms with van der Waals surface area (Å²) in [7, 11) is 0. The lowest BCUT2D eigenvalue weighted by Crippen LogP contribution is -2.41. The van der Waals surface area contributed by atoms with Gasteiger partial charge in [-0.05, 0) is 59.8 Å². The molecule has 1 aromatic heterocycles. The fraction of sp³-hybridized carbons (Fsp3) is 0.259. The summed E-state index contributed by atoms with van der Waals surface area (Å²) in [4.78, 5) is 21.0. The van der Waals surface area contributed by atoms with E-state index in [9.17, 15) is 18.7 Å². The fourth-order valence-corrected chi connectivity index (χ4v) is 4.67. The van der Waals surface area contributed by atoms with Crippen molar-refractivity contribution in [1.82, 2.24) is 14.9 Å². The maximum absolute atomic E-state index is 13.7. The van der Waals surface area contributed by atoms with Crippen LogP contribution in [0.3, 0.4) is 0 Å². The van der Waals surface area contributed by atoms with Gasteiger partial charge in [0, 0.05) is 13.0 Å². The summed E-state index contributed by atoms with van der Waals surface area (Å²) in [6.45, 7) is 2.85. The first-order valence-corrected chi connectivity index (χ1v) is 11.3. The van der Waals surface area contributed by atoms with Crippen molar-refractivity contribution >= 4 is 17.0 Å². The normalized spacial score (nSPS) is 16.1. The number of hydrogen-bond acceptors (Lipinski definition) is 3. The van der Waals surface area contributed by atoms with Crippen LogP contribution in [0.4, 0.5) is 8.78 Å². The number of alkyl halides is 2. The van der Waals surface area contributed by atoms with Gasteiger partial charge in [0.25, 0.3) is 5.92 Å². The predicted octanol–water partition coefficient (Wildman–Crippen LogP) is 6.13. The van der Waals surface area contributed by atoms with Crippen molar-refractivity contribution in [1.29, 1.82) is 0 Å². The molecule has 2 N–H and O–H groups in total. The van der Waals surface area contributed by atoms with Crippen molar-refractivity contribution in [2.45, 2.75) is 32.2 Å². The molecular formula is C27H25F2N3O2. The van der Waals surface area contributed by atoms with Crippen LogP contribution in [0, 0.1) is 6.92 Å². The Hall–Kier alpha value is -3.58. The molecule has 1 aliphatic heterocycles. The molecule has 0 saturated carbocycles. The number of benzene rings is 3. The molecule has 0 atom stereocenters. The number of hydrogen-bond donors (Lipinski definition) is 2. The van der Waals surface area contributed by atoms with Crippen LogP contribution in [-0.4, -0.2) is 45.0 Å². The third kappa shape index (κ3) is 4.56. The number of aromatic nitrogens is 2. The molecule has 1 fully saturated rings. The summed E-state index contributed by atoms with van der Waals surface area (Å²) >= 11 is 0. The molecule has 2 heterocycles. The van der Waals surface area contributed by atoms with E-state index < -0.39 is 11.9 Å². The first-order valence-electron chi connectivity index (χ1n) is 11.3. The number of nitrogens with one attached hydrogen (secondary N) is 1. The lowest BCUT2D eigenvalue weighted by Gasteiger charge is -2.32. The van der Waals surface area contributed by atoms with Gasteiger partial charge in [0.15, 0.2) is 0 Å². The zero-order valence-corrected chi connectivity index (χ0v) is 18.8. The van der Waals surface area contributed by atoms with E-state index in [2.05, 4.69) is 9.97 Å². The average molecular weight is 462 g/mol. The van der Waals surface area contributed by atoms with E-state index in [1.165, 1.54) is 0 Å². The van der Waals surface area contributed by atoms with E-state index >= 15 is 0 Å². The number of imidazole rings is 1. The maximum Gasteiger partial charge on any atom is 0.337 e. The molecule has 0 amide bonds. The Morgan fingerprint density at radius 3 is 2.26 bits per heavy atom.